The second kappa shape index (κ2) is 6.51. The highest BCUT2D eigenvalue weighted by atomic mass is 35.5. The van der Waals surface area contributed by atoms with E-state index in [1.807, 2.05) is 12.1 Å². The Morgan fingerprint density at radius 3 is 2.46 bits per heavy atom. The SMILES string of the molecule is CN(C(=N)Nc1ccc2cccc3c2c1C=C3)c1cc(Cl)c(Cl)c(Cl)c1. The number of hydrogen-bond donors (Lipinski definition) is 2. The summed E-state index contributed by atoms with van der Waals surface area (Å²) in [6, 6.07) is 13.6. The van der Waals surface area contributed by atoms with E-state index in [4.69, 9.17) is 40.2 Å². The Balaban J connectivity index is 1.66. The lowest BCUT2D eigenvalue weighted by molar-refractivity contribution is 1.21. The van der Waals surface area contributed by atoms with Crippen LogP contribution in [0.1, 0.15) is 11.1 Å². The van der Waals surface area contributed by atoms with Crippen LogP contribution in [0.2, 0.25) is 15.1 Å². The highest BCUT2D eigenvalue weighted by Gasteiger charge is 2.16. The Hall–Kier alpha value is -2.20. The van der Waals surface area contributed by atoms with E-state index in [0.29, 0.717) is 20.8 Å². The average molecular weight is 403 g/mol. The molecule has 0 atom stereocenters. The van der Waals surface area contributed by atoms with Crippen LogP contribution >= 0.6 is 34.8 Å². The summed E-state index contributed by atoms with van der Waals surface area (Å²) in [7, 11) is 1.77. The van der Waals surface area contributed by atoms with Crippen molar-refractivity contribution in [2.45, 2.75) is 0 Å². The first-order valence-electron chi connectivity index (χ1n) is 7.93. The molecule has 1 aliphatic rings. The van der Waals surface area contributed by atoms with Gasteiger partial charge in [-0.3, -0.25) is 5.41 Å². The standard InChI is InChI=1S/C20H14Cl3N3/c1-26(13-9-15(21)19(23)16(22)10-13)20(24)25-17-8-6-12-4-2-3-11-5-7-14(17)18(11)12/h2-10H,1H3,(H2,24,25). The molecule has 0 fully saturated rings. The fraction of sp³-hybridized carbons (Fsp3) is 0.0500. The second-order valence-electron chi connectivity index (χ2n) is 6.06. The summed E-state index contributed by atoms with van der Waals surface area (Å²) in [5, 5.41) is 15.0. The first kappa shape index (κ1) is 17.2. The summed E-state index contributed by atoms with van der Waals surface area (Å²) in [6.07, 6.45) is 4.16. The molecule has 3 nitrogen and oxygen atoms in total. The fourth-order valence-corrected chi connectivity index (χ4v) is 3.69. The number of anilines is 2. The molecule has 3 aromatic carbocycles. The molecule has 0 unspecified atom stereocenters. The van der Waals surface area contributed by atoms with Crippen LogP contribution in [0.25, 0.3) is 22.9 Å². The first-order valence-corrected chi connectivity index (χ1v) is 9.07. The topological polar surface area (TPSA) is 39.1 Å². The Morgan fingerprint density at radius 2 is 1.73 bits per heavy atom. The Bertz CT molecular complexity index is 1070. The number of guanidine groups is 1. The molecule has 3 aromatic rings. The lowest BCUT2D eigenvalue weighted by Gasteiger charge is -2.22. The van der Waals surface area contributed by atoms with Gasteiger partial charge in [0.25, 0.3) is 0 Å². The molecule has 1 aliphatic carbocycles. The monoisotopic (exact) mass is 401 g/mol. The van der Waals surface area contributed by atoms with E-state index in [1.54, 1.807) is 24.1 Å². The van der Waals surface area contributed by atoms with Gasteiger partial charge in [-0.2, -0.15) is 0 Å². The van der Waals surface area contributed by atoms with E-state index in [-0.39, 0.29) is 5.96 Å². The number of nitrogens with zero attached hydrogens (tertiary/aromatic N) is 1. The lowest BCUT2D eigenvalue weighted by atomic mass is 10.0. The molecule has 0 heterocycles. The minimum Gasteiger partial charge on any atom is -0.326 e. The van der Waals surface area contributed by atoms with Crippen LogP contribution in [0.3, 0.4) is 0 Å². The molecule has 4 rings (SSSR count). The van der Waals surface area contributed by atoms with Crippen molar-refractivity contribution in [3.63, 3.8) is 0 Å². The summed E-state index contributed by atoms with van der Waals surface area (Å²) in [4.78, 5) is 1.66. The van der Waals surface area contributed by atoms with Crippen molar-refractivity contribution in [3.8, 4) is 0 Å². The van der Waals surface area contributed by atoms with Crippen molar-refractivity contribution < 1.29 is 0 Å². The predicted molar refractivity (Wildman–Crippen MR) is 114 cm³/mol. The number of benzene rings is 3. The largest absolute Gasteiger partial charge is 0.326 e. The van der Waals surface area contributed by atoms with Gasteiger partial charge in [0, 0.05) is 24.0 Å². The third-order valence-corrected chi connectivity index (χ3v) is 5.69. The van der Waals surface area contributed by atoms with E-state index in [1.165, 1.54) is 16.3 Å². The zero-order chi connectivity index (χ0) is 18.4. The van der Waals surface area contributed by atoms with E-state index in [2.05, 4.69) is 35.7 Å². The fourth-order valence-electron chi connectivity index (χ4n) is 3.11. The smallest absolute Gasteiger partial charge is 0.199 e. The average Bonchev–Trinajstić information content (AvgIpc) is 3.07. The third-order valence-electron chi connectivity index (χ3n) is 4.49. The van der Waals surface area contributed by atoms with Gasteiger partial charge in [-0.05, 0) is 34.5 Å². The normalized spacial score (nSPS) is 11.8. The van der Waals surface area contributed by atoms with Gasteiger partial charge in [0.05, 0.1) is 15.1 Å². The lowest BCUT2D eigenvalue weighted by Crippen LogP contribution is -2.32. The summed E-state index contributed by atoms with van der Waals surface area (Å²) >= 11 is 18.2. The minimum absolute atomic E-state index is 0.202. The minimum atomic E-state index is 0.202. The molecular formula is C20H14Cl3N3. The highest BCUT2D eigenvalue weighted by Crippen LogP contribution is 2.37. The van der Waals surface area contributed by atoms with Crippen molar-refractivity contribution in [1.82, 2.24) is 0 Å². The zero-order valence-corrected chi connectivity index (χ0v) is 16.0. The molecule has 26 heavy (non-hydrogen) atoms. The first-order chi connectivity index (χ1) is 12.5. The molecule has 2 N–H and O–H groups in total. The van der Waals surface area contributed by atoms with Gasteiger partial charge >= 0.3 is 0 Å². The van der Waals surface area contributed by atoms with E-state index in [0.717, 1.165) is 11.3 Å². The van der Waals surface area contributed by atoms with Gasteiger partial charge in [0.2, 0.25) is 0 Å². The number of rotatable bonds is 2. The molecular weight excluding hydrogens is 389 g/mol. The van der Waals surface area contributed by atoms with Gasteiger partial charge in [-0.15, -0.1) is 0 Å². The van der Waals surface area contributed by atoms with Crippen molar-refractivity contribution in [3.05, 3.63) is 68.7 Å². The molecule has 130 valence electrons. The van der Waals surface area contributed by atoms with Crippen LogP contribution in [-0.2, 0) is 0 Å². The third kappa shape index (κ3) is 2.82. The molecule has 0 aromatic heterocycles. The molecule has 0 amide bonds. The van der Waals surface area contributed by atoms with Gasteiger partial charge in [0.15, 0.2) is 5.96 Å². The van der Waals surface area contributed by atoms with Crippen LogP contribution in [0.15, 0.2) is 42.5 Å². The van der Waals surface area contributed by atoms with Crippen LogP contribution < -0.4 is 10.2 Å². The zero-order valence-electron chi connectivity index (χ0n) is 13.8. The van der Waals surface area contributed by atoms with Crippen LogP contribution in [0.5, 0.6) is 0 Å². The molecule has 0 saturated heterocycles. The van der Waals surface area contributed by atoms with Gasteiger partial charge in [-0.1, -0.05) is 71.2 Å². The molecule has 0 spiro atoms. The maximum atomic E-state index is 8.43. The van der Waals surface area contributed by atoms with Crippen molar-refractivity contribution >= 4 is 75.1 Å². The molecule has 0 saturated carbocycles. The maximum absolute atomic E-state index is 8.43. The molecule has 6 heteroatoms. The highest BCUT2D eigenvalue weighted by molar-refractivity contribution is 6.48. The Kier molecular flexibility index (Phi) is 4.31. The summed E-state index contributed by atoms with van der Waals surface area (Å²) in [5.74, 6) is 0.202. The number of nitrogens with one attached hydrogen (secondary N) is 2. The van der Waals surface area contributed by atoms with Crippen LogP contribution in [0, 0.1) is 5.41 Å². The Morgan fingerprint density at radius 1 is 1.00 bits per heavy atom. The van der Waals surface area contributed by atoms with Gasteiger partial charge < -0.3 is 10.2 Å². The van der Waals surface area contributed by atoms with E-state index >= 15 is 0 Å². The number of halogens is 3. The van der Waals surface area contributed by atoms with Crippen molar-refractivity contribution in [1.29, 1.82) is 5.41 Å². The maximum Gasteiger partial charge on any atom is 0.199 e. The molecule has 0 aliphatic heterocycles. The molecule has 0 bridgehead atoms. The summed E-state index contributed by atoms with van der Waals surface area (Å²) in [5.41, 5.74) is 3.83. The Labute approximate surface area is 166 Å². The van der Waals surface area contributed by atoms with Gasteiger partial charge in [0.1, 0.15) is 0 Å². The van der Waals surface area contributed by atoms with Crippen LogP contribution in [0.4, 0.5) is 11.4 Å². The predicted octanol–water partition coefficient (Wildman–Crippen LogP) is 6.77. The van der Waals surface area contributed by atoms with E-state index < -0.39 is 0 Å². The van der Waals surface area contributed by atoms with Crippen molar-refractivity contribution in [2.24, 2.45) is 0 Å². The van der Waals surface area contributed by atoms with Gasteiger partial charge in [-0.25, -0.2) is 0 Å². The van der Waals surface area contributed by atoms with Crippen LogP contribution in [-0.4, -0.2) is 13.0 Å². The van der Waals surface area contributed by atoms with Crippen molar-refractivity contribution in [2.75, 3.05) is 17.3 Å². The second-order valence-corrected chi connectivity index (χ2v) is 7.25. The summed E-state index contributed by atoms with van der Waals surface area (Å²) in [6.45, 7) is 0. The van der Waals surface area contributed by atoms with E-state index in [9.17, 15) is 0 Å². The summed E-state index contributed by atoms with van der Waals surface area (Å²) < 4.78 is 0. The quantitative estimate of drug-likeness (QED) is 0.221. The molecule has 0 radical (unpaired) electrons. The number of hydrogen-bond acceptors (Lipinski definition) is 1.